The fourth-order valence-corrected chi connectivity index (χ4v) is 2.90. The zero-order valence-electron chi connectivity index (χ0n) is 9.07. The molecule has 2 aliphatic carbocycles. The summed E-state index contributed by atoms with van der Waals surface area (Å²) in [6, 6.07) is 0. The molecule has 2 heteroatoms. The highest BCUT2D eigenvalue weighted by atomic mass is 16.6. The molecule has 0 aliphatic heterocycles. The summed E-state index contributed by atoms with van der Waals surface area (Å²) < 4.78 is 5.55. The highest BCUT2D eigenvalue weighted by molar-refractivity contribution is 5.13. The van der Waals surface area contributed by atoms with Gasteiger partial charge in [0.25, 0.3) is 0 Å². The average molecular weight is 196 g/mol. The van der Waals surface area contributed by atoms with Crippen LogP contribution in [0, 0.1) is 11.8 Å². The van der Waals surface area contributed by atoms with Gasteiger partial charge in [-0.25, -0.2) is 0 Å². The molecular weight excluding hydrogens is 176 g/mol. The fraction of sp³-hybridized carbons (Fsp3) is 0.833. The zero-order valence-corrected chi connectivity index (χ0v) is 9.07. The van der Waals surface area contributed by atoms with Gasteiger partial charge in [0.05, 0.1) is 6.10 Å². The van der Waals surface area contributed by atoms with Crippen molar-refractivity contribution in [3.8, 4) is 0 Å². The van der Waals surface area contributed by atoms with E-state index in [0.29, 0.717) is 11.8 Å². The minimum atomic E-state index is -0.609. The SMILES string of the molecule is CC1C=C2CCC(OC(C)O)C(C2)C1. The van der Waals surface area contributed by atoms with Crippen molar-refractivity contribution in [2.24, 2.45) is 11.8 Å². The summed E-state index contributed by atoms with van der Waals surface area (Å²) in [5, 5.41) is 9.23. The molecule has 14 heavy (non-hydrogen) atoms. The van der Waals surface area contributed by atoms with Crippen molar-refractivity contribution in [3.63, 3.8) is 0 Å². The van der Waals surface area contributed by atoms with Gasteiger partial charge in [0.15, 0.2) is 6.29 Å². The van der Waals surface area contributed by atoms with E-state index in [-0.39, 0.29) is 6.10 Å². The van der Waals surface area contributed by atoms with Crippen molar-refractivity contribution in [2.75, 3.05) is 0 Å². The second-order valence-electron chi connectivity index (χ2n) is 4.81. The Morgan fingerprint density at radius 2 is 2.36 bits per heavy atom. The lowest BCUT2D eigenvalue weighted by Gasteiger charge is -2.38. The third-order valence-corrected chi connectivity index (χ3v) is 3.37. The molecule has 0 heterocycles. The van der Waals surface area contributed by atoms with Crippen LogP contribution < -0.4 is 0 Å². The summed E-state index contributed by atoms with van der Waals surface area (Å²) in [5.74, 6) is 1.34. The molecule has 4 atom stereocenters. The molecular formula is C12H20O2. The first kappa shape index (κ1) is 10.2. The Morgan fingerprint density at radius 3 is 3.07 bits per heavy atom. The van der Waals surface area contributed by atoms with Gasteiger partial charge in [-0.1, -0.05) is 18.6 Å². The van der Waals surface area contributed by atoms with E-state index in [2.05, 4.69) is 13.0 Å². The van der Waals surface area contributed by atoms with Gasteiger partial charge in [-0.05, 0) is 44.4 Å². The fourth-order valence-electron chi connectivity index (χ4n) is 2.90. The van der Waals surface area contributed by atoms with Crippen LogP contribution in [0.2, 0.25) is 0 Å². The summed E-state index contributed by atoms with van der Waals surface area (Å²) in [5.41, 5.74) is 1.61. The van der Waals surface area contributed by atoms with Gasteiger partial charge in [0.2, 0.25) is 0 Å². The first-order valence-electron chi connectivity index (χ1n) is 5.68. The maximum absolute atomic E-state index is 9.23. The number of ether oxygens (including phenoxy) is 1. The molecule has 1 saturated carbocycles. The molecule has 80 valence electrons. The lowest BCUT2D eigenvalue weighted by atomic mass is 9.73. The standard InChI is InChI=1S/C12H20O2/c1-8-5-10-3-4-12(14-9(2)13)11(6-8)7-10/h5,8-9,11-13H,3-4,6-7H2,1-2H3. The molecule has 2 aliphatic rings. The van der Waals surface area contributed by atoms with Gasteiger partial charge in [0.1, 0.15) is 0 Å². The largest absolute Gasteiger partial charge is 0.368 e. The number of rotatable bonds is 2. The van der Waals surface area contributed by atoms with Gasteiger partial charge in [-0.3, -0.25) is 0 Å². The minimum absolute atomic E-state index is 0.287. The predicted molar refractivity (Wildman–Crippen MR) is 55.8 cm³/mol. The van der Waals surface area contributed by atoms with E-state index >= 15 is 0 Å². The number of fused-ring (bicyclic) bond motifs is 2. The summed E-state index contributed by atoms with van der Waals surface area (Å²) >= 11 is 0. The van der Waals surface area contributed by atoms with Crippen LogP contribution in [0.3, 0.4) is 0 Å². The Hall–Kier alpha value is -0.340. The quantitative estimate of drug-likeness (QED) is 0.543. The molecule has 0 aromatic heterocycles. The van der Waals surface area contributed by atoms with Crippen LogP contribution in [0.15, 0.2) is 11.6 Å². The maximum atomic E-state index is 9.23. The molecule has 4 unspecified atom stereocenters. The normalized spacial score (nSPS) is 39.1. The molecule has 0 radical (unpaired) electrons. The van der Waals surface area contributed by atoms with Gasteiger partial charge in [-0.2, -0.15) is 0 Å². The second-order valence-corrected chi connectivity index (χ2v) is 4.81. The first-order chi connectivity index (χ1) is 6.65. The summed E-state index contributed by atoms with van der Waals surface area (Å²) in [6.45, 7) is 3.98. The van der Waals surface area contributed by atoms with Crippen molar-refractivity contribution in [2.45, 2.75) is 51.9 Å². The third kappa shape index (κ3) is 2.18. The molecule has 0 amide bonds. The van der Waals surface area contributed by atoms with Crippen molar-refractivity contribution in [3.05, 3.63) is 11.6 Å². The molecule has 2 nitrogen and oxygen atoms in total. The molecule has 0 aromatic rings. The van der Waals surface area contributed by atoms with E-state index in [1.807, 2.05) is 0 Å². The Kier molecular flexibility index (Phi) is 2.93. The monoisotopic (exact) mass is 196 g/mol. The number of aliphatic hydroxyl groups excluding tert-OH is 1. The number of hydrogen-bond acceptors (Lipinski definition) is 2. The Labute approximate surface area is 86.0 Å². The Bertz CT molecular complexity index is 232. The molecule has 2 rings (SSSR count). The maximum Gasteiger partial charge on any atom is 0.152 e. The van der Waals surface area contributed by atoms with E-state index in [4.69, 9.17) is 4.74 Å². The van der Waals surface area contributed by atoms with Gasteiger partial charge in [-0.15, -0.1) is 0 Å². The van der Waals surface area contributed by atoms with Gasteiger partial charge >= 0.3 is 0 Å². The highest BCUT2D eigenvalue weighted by Gasteiger charge is 2.32. The Morgan fingerprint density at radius 1 is 1.57 bits per heavy atom. The summed E-state index contributed by atoms with van der Waals surface area (Å²) in [4.78, 5) is 0. The zero-order chi connectivity index (χ0) is 10.1. The second kappa shape index (κ2) is 4.03. The van der Waals surface area contributed by atoms with Crippen LogP contribution in [-0.4, -0.2) is 17.5 Å². The summed E-state index contributed by atoms with van der Waals surface area (Å²) in [6.07, 6.45) is 6.78. The van der Waals surface area contributed by atoms with Crippen LogP contribution in [0.1, 0.15) is 39.5 Å². The predicted octanol–water partition coefficient (Wildman–Crippen LogP) is 2.48. The average Bonchev–Trinajstić information content (AvgIpc) is 2.09. The van der Waals surface area contributed by atoms with Crippen molar-refractivity contribution in [1.82, 2.24) is 0 Å². The molecule has 0 aromatic carbocycles. The van der Waals surface area contributed by atoms with Crippen LogP contribution in [0.5, 0.6) is 0 Å². The molecule has 1 N–H and O–H groups in total. The van der Waals surface area contributed by atoms with Crippen LogP contribution in [-0.2, 0) is 4.74 Å². The number of allylic oxidation sites excluding steroid dienone is 2. The van der Waals surface area contributed by atoms with Crippen molar-refractivity contribution >= 4 is 0 Å². The van der Waals surface area contributed by atoms with E-state index in [0.717, 1.165) is 12.8 Å². The van der Waals surface area contributed by atoms with Crippen LogP contribution in [0.25, 0.3) is 0 Å². The number of aliphatic hydroxyl groups is 1. The third-order valence-electron chi connectivity index (χ3n) is 3.37. The lowest BCUT2D eigenvalue weighted by molar-refractivity contribution is -0.148. The van der Waals surface area contributed by atoms with E-state index < -0.39 is 6.29 Å². The number of hydrogen-bond donors (Lipinski definition) is 1. The Balaban J connectivity index is 2.01. The van der Waals surface area contributed by atoms with Crippen LogP contribution in [0.4, 0.5) is 0 Å². The van der Waals surface area contributed by atoms with E-state index in [9.17, 15) is 5.11 Å². The minimum Gasteiger partial charge on any atom is -0.368 e. The van der Waals surface area contributed by atoms with E-state index in [1.165, 1.54) is 12.8 Å². The van der Waals surface area contributed by atoms with Crippen molar-refractivity contribution in [1.29, 1.82) is 0 Å². The molecule has 0 saturated heterocycles. The molecule has 2 bridgehead atoms. The first-order valence-corrected chi connectivity index (χ1v) is 5.68. The lowest BCUT2D eigenvalue weighted by Crippen LogP contribution is -2.34. The molecule has 0 spiro atoms. The van der Waals surface area contributed by atoms with E-state index in [1.54, 1.807) is 12.5 Å². The van der Waals surface area contributed by atoms with Gasteiger partial charge in [0, 0.05) is 0 Å². The van der Waals surface area contributed by atoms with Crippen molar-refractivity contribution < 1.29 is 9.84 Å². The topological polar surface area (TPSA) is 29.5 Å². The molecule has 1 fully saturated rings. The smallest absolute Gasteiger partial charge is 0.152 e. The highest BCUT2D eigenvalue weighted by Crippen LogP contribution is 2.39. The van der Waals surface area contributed by atoms with Crippen LogP contribution >= 0.6 is 0 Å². The van der Waals surface area contributed by atoms with Gasteiger partial charge < -0.3 is 9.84 Å². The summed E-state index contributed by atoms with van der Waals surface area (Å²) in [7, 11) is 0.